The number of nitrogens with zero attached hydrogens (tertiary/aromatic N) is 3. The Morgan fingerprint density at radius 3 is 3.00 bits per heavy atom. The maximum atomic E-state index is 10.7. The molecule has 1 saturated heterocycles. The molecule has 0 saturated carbocycles. The minimum Gasteiger partial charge on any atom is -0.476 e. The lowest BCUT2D eigenvalue weighted by molar-refractivity contribution is 0.0695. The molecule has 0 radical (unpaired) electrons. The molecule has 6 heteroatoms. The van der Waals surface area contributed by atoms with Gasteiger partial charge in [-0.3, -0.25) is 4.90 Å². The van der Waals surface area contributed by atoms with E-state index in [0.29, 0.717) is 24.3 Å². The SMILES string of the molecule is CC1CCCN(Cc2nsc(C(=O)O)n2)C1C. The predicted molar refractivity (Wildman–Crippen MR) is 65.1 cm³/mol. The normalized spacial score (nSPS) is 26.0. The summed E-state index contributed by atoms with van der Waals surface area (Å²) >= 11 is 0.961. The average molecular weight is 255 g/mol. The quantitative estimate of drug-likeness (QED) is 0.893. The molecule has 1 fully saturated rings. The first kappa shape index (κ1) is 12.4. The van der Waals surface area contributed by atoms with Crippen LogP contribution in [0.15, 0.2) is 0 Å². The molecule has 17 heavy (non-hydrogen) atoms. The van der Waals surface area contributed by atoms with E-state index in [2.05, 4.69) is 28.1 Å². The molecule has 1 aliphatic heterocycles. The summed E-state index contributed by atoms with van der Waals surface area (Å²) in [5, 5.41) is 8.87. The van der Waals surface area contributed by atoms with Crippen LogP contribution >= 0.6 is 11.5 Å². The lowest BCUT2D eigenvalue weighted by Gasteiger charge is -2.37. The van der Waals surface area contributed by atoms with Gasteiger partial charge in [-0.15, -0.1) is 0 Å². The Morgan fingerprint density at radius 2 is 2.35 bits per heavy atom. The number of likely N-dealkylation sites (tertiary alicyclic amines) is 1. The van der Waals surface area contributed by atoms with Crippen LogP contribution in [0.4, 0.5) is 0 Å². The van der Waals surface area contributed by atoms with E-state index in [-0.39, 0.29) is 5.01 Å². The monoisotopic (exact) mass is 255 g/mol. The van der Waals surface area contributed by atoms with Crippen LogP contribution in [0.2, 0.25) is 0 Å². The Morgan fingerprint density at radius 1 is 1.59 bits per heavy atom. The molecule has 1 aromatic rings. The van der Waals surface area contributed by atoms with Crippen LogP contribution in [-0.4, -0.2) is 37.9 Å². The van der Waals surface area contributed by atoms with Crippen LogP contribution in [0.5, 0.6) is 0 Å². The zero-order valence-electron chi connectivity index (χ0n) is 10.1. The summed E-state index contributed by atoms with van der Waals surface area (Å²) in [6.07, 6.45) is 2.46. The zero-order valence-corrected chi connectivity index (χ0v) is 10.9. The van der Waals surface area contributed by atoms with Gasteiger partial charge < -0.3 is 5.11 Å². The van der Waals surface area contributed by atoms with Gasteiger partial charge in [-0.2, -0.15) is 4.37 Å². The molecule has 0 amide bonds. The van der Waals surface area contributed by atoms with Crippen molar-refractivity contribution in [3.63, 3.8) is 0 Å². The van der Waals surface area contributed by atoms with Crippen molar-refractivity contribution < 1.29 is 9.90 Å². The fraction of sp³-hybridized carbons (Fsp3) is 0.727. The van der Waals surface area contributed by atoms with Gasteiger partial charge >= 0.3 is 5.97 Å². The Bertz CT molecular complexity index is 407. The zero-order chi connectivity index (χ0) is 12.4. The van der Waals surface area contributed by atoms with Crippen molar-refractivity contribution >= 4 is 17.5 Å². The fourth-order valence-electron chi connectivity index (χ4n) is 2.23. The summed E-state index contributed by atoms with van der Waals surface area (Å²) in [4.78, 5) is 17.1. The molecule has 1 aromatic heterocycles. The molecule has 0 bridgehead atoms. The highest BCUT2D eigenvalue weighted by Gasteiger charge is 2.25. The van der Waals surface area contributed by atoms with Crippen molar-refractivity contribution in [3.05, 3.63) is 10.8 Å². The van der Waals surface area contributed by atoms with E-state index in [1.807, 2.05) is 0 Å². The van der Waals surface area contributed by atoms with Crippen molar-refractivity contribution in [2.24, 2.45) is 5.92 Å². The molecule has 2 atom stereocenters. The number of carboxylic acids is 1. The van der Waals surface area contributed by atoms with E-state index in [1.54, 1.807) is 0 Å². The van der Waals surface area contributed by atoms with Crippen LogP contribution in [0.1, 0.15) is 42.3 Å². The highest BCUT2D eigenvalue weighted by Crippen LogP contribution is 2.24. The van der Waals surface area contributed by atoms with Crippen LogP contribution in [0.3, 0.4) is 0 Å². The van der Waals surface area contributed by atoms with Crippen LogP contribution in [-0.2, 0) is 6.54 Å². The van der Waals surface area contributed by atoms with Crippen molar-refractivity contribution in [1.29, 1.82) is 0 Å². The van der Waals surface area contributed by atoms with Gasteiger partial charge in [-0.25, -0.2) is 9.78 Å². The van der Waals surface area contributed by atoms with Gasteiger partial charge in [0.25, 0.3) is 0 Å². The summed E-state index contributed by atoms with van der Waals surface area (Å²) in [6.45, 7) is 6.19. The lowest BCUT2D eigenvalue weighted by Crippen LogP contribution is -2.41. The molecular weight excluding hydrogens is 238 g/mol. The molecule has 5 nitrogen and oxygen atoms in total. The van der Waals surface area contributed by atoms with Crippen molar-refractivity contribution in [1.82, 2.24) is 14.3 Å². The maximum absolute atomic E-state index is 10.7. The number of rotatable bonds is 3. The summed E-state index contributed by atoms with van der Waals surface area (Å²) in [5.41, 5.74) is 0. The molecule has 1 N–H and O–H groups in total. The van der Waals surface area contributed by atoms with E-state index in [1.165, 1.54) is 12.8 Å². The molecule has 94 valence electrons. The van der Waals surface area contributed by atoms with Crippen LogP contribution in [0, 0.1) is 5.92 Å². The Kier molecular flexibility index (Phi) is 3.73. The third-order valence-corrected chi connectivity index (χ3v) is 4.24. The molecule has 2 unspecified atom stereocenters. The van der Waals surface area contributed by atoms with E-state index in [9.17, 15) is 4.79 Å². The maximum Gasteiger partial charge on any atom is 0.366 e. The minimum atomic E-state index is -0.992. The van der Waals surface area contributed by atoms with Gasteiger partial charge in [0.15, 0.2) is 5.82 Å². The molecule has 1 aliphatic rings. The summed E-state index contributed by atoms with van der Waals surface area (Å²) < 4.78 is 4.10. The number of carboxylic acid groups (broad SMARTS) is 1. The smallest absolute Gasteiger partial charge is 0.366 e. The van der Waals surface area contributed by atoms with E-state index in [4.69, 9.17) is 5.11 Å². The molecule has 0 aromatic carbocycles. The number of hydrogen-bond donors (Lipinski definition) is 1. The third kappa shape index (κ3) is 2.81. The number of aromatic nitrogens is 2. The third-order valence-electron chi connectivity index (χ3n) is 3.50. The molecule has 2 heterocycles. The van der Waals surface area contributed by atoms with Gasteiger partial charge in [0, 0.05) is 6.04 Å². The Labute approximate surface area is 105 Å². The van der Waals surface area contributed by atoms with Crippen molar-refractivity contribution in [2.75, 3.05) is 6.54 Å². The second-order valence-corrected chi connectivity index (χ2v) is 5.40. The molecule has 2 rings (SSSR count). The Hall–Kier alpha value is -1.01. The van der Waals surface area contributed by atoms with E-state index in [0.717, 1.165) is 18.1 Å². The topological polar surface area (TPSA) is 66.3 Å². The average Bonchev–Trinajstić information content (AvgIpc) is 2.73. The predicted octanol–water partition coefficient (Wildman–Crippen LogP) is 1.86. The van der Waals surface area contributed by atoms with Crippen LogP contribution in [0.25, 0.3) is 0 Å². The second-order valence-electron chi connectivity index (χ2n) is 4.65. The number of aromatic carboxylic acids is 1. The second kappa shape index (κ2) is 5.10. The van der Waals surface area contributed by atoms with E-state index >= 15 is 0 Å². The fourth-order valence-corrected chi connectivity index (χ4v) is 2.75. The first-order chi connectivity index (χ1) is 8.08. The van der Waals surface area contributed by atoms with Gasteiger partial charge in [-0.1, -0.05) is 6.92 Å². The largest absolute Gasteiger partial charge is 0.476 e. The highest BCUT2D eigenvalue weighted by atomic mass is 32.1. The molecule has 0 spiro atoms. The lowest BCUT2D eigenvalue weighted by atomic mass is 9.92. The number of piperidine rings is 1. The van der Waals surface area contributed by atoms with Gasteiger partial charge in [0.1, 0.15) is 0 Å². The van der Waals surface area contributed by atoms with Gasteiger partial charge in [-0.05, 0) is 43.8 Å². The van der Waals surface area contributed by atoms with E-state index < -0.39 is 5.97 Å². The molecular formula is C11H17N3O2S. The number of carbonyl (C=O) groups is 1. The summed E-state index contributed by atoms with van der Waals surface area (Å²) in [5.74, 6) is 0.323. The van der Waals surface area contributed by atoms with Crippen molar-refractivity contribution in [2.45, 2.75) is 39.3 Å². The summed E-state index contributed by atoms with van der Waals surface area (Å²) in [6, 6.07) is 0.514. The summed E-state index contributed by atoms with van der Waals surface area (Å²) in [7, 11) is 0. The van der Waals surface area contributed by atoms with Crippen molar-refractivity contribution in [3.8, 4) is 0 Å². The standard InChI is InChI=1S/C11H17N3O2S/c1-7-4-3-5-14(8(7)2)6-9-12-10(11(15)16)17-13-9/h7-8H,3-6H2,1-2H3,(H,15,16). The first-order valence-corrected chi connectivity index (χ1v) is 6.65. The Balaban J connectivity index is 2.01. The molecule has 0 aliphatic carbocycles. The van der Waals surface area contributed by atoms with Gasteiger partial charge in [0.05, 0.1) is 6.54 Å². The highest BCUT2D eigenvalue weighted by molar-refractivity contribution is 7.07. The van der Waals surface area contributed by atoms with Crippen LogP contribution < -0.4 is 0 Å². The first-order valence-electron chi connectivity index (χ1n) is 5.88. The minimum absolute atomic E-state index is 0.0812. The number of hydrogen-bond acceptors (Lipinski definition) is 5. The van der Waals surface area contributed by atoms with Gasteiger partial charge in [0.2, 0.25) is 5.01 Å².